The Morgan fingerprint density at radius 2 is 2.18 bits per heavy atom. The summed E-state index contributed by atoms with van der Waals surface area (Å²) in [7, 11) is 1.63. The molecular formula is C17H19BrN2O2. The van der Waals surface area contributed by atoms with Crippen molar-refractivity contribution in [3.63, 3.8) is 0 Å². The Morgan fingerprint density at radius 1 is 1.32 bits per heavy atom. The molecule has 5 heteroatoms. The first kappa shape index (κ1) is 16.5. The number of pyridine rings is 1. The molecule has 0 bridgehead atoms. The first-order valence-corrected chi connectivity index (χ1v) is 7.74. The van der Waals surface area contributed by atoms with Crippen molar-refractivity contribution in [3.8, 4) is 11.5 Å². The number of nitrogens with zero attached hydrogens (tertiary/aromatic N) is 1. The Bertz CT molecular complexity index is 618. The highest BCUT2D eigenvalue weighted by Crippen LogP contribution is 2.36. The largest absolute Gasteiger partial charge is 0.493 e. The fraction of sp³-hybridized carbons (Fsp3) is 0.235. The molecule has 0 unspecified atom stereocenters. The average molecular weight is 363 g/mol. The van der Waals surface area contributed by atoms with E-state index in [9.17, 15) is 0 Å². The number of hydrogen-bond acceptors (Lipinski definition) is 4. The zero-order chi connectivity index (χ0) is 15.8. The summed E-state index contributed by atoms with van der Waals surface area (Å²) in [6, 6.07) is 9.87. The molecule has 22 heavy (non-hydrogen) atoms. The van der Waals surface area contributed by atoms with E-state index < -0.39 is 0 Å². The Kier molecular flexibility index (Phi) is 6.43. The summed E-state index contributed by atoms with van der Waals surface area (Å²) < 4.78 is 11.9. The molecule has 1 N–H and O–H groups in total. The van der Waals surface area contributed by atoms with Crippen molar-refractivity contribution in [1.82, 2.24) is 10.3 Å². The van der Waals surface area contributed by atoms with Gasteiger partial charge >= 0.3 is 0 Å². The molecule has 0 amide bonds. The molecule has 1 heterocycles. The van der Waals surface area contributed by atoms with Gasteiger partial charge in [-0.1, -0.05) is 18.7 Å². The van der Waals surface area contributed by atoms with E-state index in [1.165, 1.54) is 0 Å². The number of aromatic nitrogens is 1. The molecule has 0 aliphatic carbocycles. The van der Waals surface area contributed by atoms with Crippen LogP contribution in [0.15, 0.2) is 53.7 Å². The van der Waals surface area contributed by atoms with Crippen LogP contribution >= 0.6 is 15.9 Å². The van der Waals surface area contributed by atoms with E-state index in [-0.39, 0.29) is 0 Å². The molecule has 2 aromatic rings. The zero-order valence-corrected chi connectivity index (χ0v) is 14.1. The van der Waals surface area contributed by atoms with Gasteiger partial charge in [0.1, 0.15) is 6.61 Å². The van der Waals surface area contributed by atoms with Crippen LogP contribution in [0.2, 0.25) is 0 Å². The van der Waals surface area contributed by atoms with Crippen LogP contribution in [0, 0.1) is 0 Å². The fourth-order valence-electron chi connectivity index (χ4n) is 2.00. The highest BCUT2D eigenvalue weighted by Gasteiger charge is 2.11. The Balaban J connectivity index is 2.02. The van der Waals surface area contributed by atoms with Crippen LogP contribution in [0.4, 0.5) is 0 Å². The predicted octanol–water partition coefficient (Wildman–Crippen LogP) is 3.71. The second kappa shape index (κ2) is 8.56. The van der Waals surface area contributed by atoms with Crippen LogP contribution < -0.4 is 14.8 Å². The number of ether oxygens (including phenoxy) is 2. The Labute approximate surface area is 139 Å². The summed E-state index contributed by atoms with van der Waals surface area (Å²) in [5, 5.41) is 3.36. The van der Waals surface area contributed by atoms with Gasteiger partial charge in [0.15, 0.2) is 11.5 Å². The molecule has 0 aliphatic rings. The van der Waals surface area contributed by atoms with Gasteiger partial charge in [-0.15, -0.1) is 0 Å². The van der Waals surface area contributed by atoms with Crippen LogP contribution in [0.25, 0.3) is 0 Å². The molecule has 0 saturated heterocycles. The maximum Gasteiger partial charge on any atom is 0.175 e. The van der Waals surface area contributed by atoms with Crippen molar-refractivity contribution < 1.29 is 9.47 Å². The number of methoxy groups -OCH3 is 1. The van der Waals surface area contributed by atoms with Crippen molar-refractivity contribution in [2.24, 2.45) is 0 Å². The van der Waals surface area contributed by atoms with Crippen LogP contribution in [0.1, 0.15) is 11.3 Å². The van der Waals surface area contributed by atoms with E-state index in [4.69, 9.17) is 9.47 Å². The number of halogens is 1. The minimum Gasteiger partial charge on any atom is -0.493 e. The first-order valence-electron chi connectivity index (χ1n) is 6.95. The third-order valence-electron chi connectivity index (χ3n) is 3.00. The SMILES string of the molecule is C=CCOc1c(Br)cc(CNCc2ccccn2)cc1OC. The lowest BCUT2D eigenvalue weighted by molar-refractivity contribution is 0.324. The Morgan fingerprint density at radius 3 is 2.86 bits per heavy atom. The first-order chi connectivity index (χ1) is 10.7. The van der Waals surface area contributed by atoms with E-state index in [0.29, 0.717) is 24.7 Å². The van der Waals surface area contributed by atoms with Crippen molar-refractivity contribution in [3.05, 3.63) is 64.9 Å². The molecule has 2 rings (SSSR count). The molecule has 116 valence electrons. The number of hydrogen-bond donors (Lipinski definition) is 1. The van der Waals surface area contributed by atoms with Crippen molar-refractivity contribution in [2.75, 3.05) is 13.7 Å². The average Bonchev–Trinajstić information content (AvgIpc) is 2.54. The maximum absolute atomic E-state index is 5.62. The monoisotopic (exact) mass is 362 g/mol. The lowest BCUT2D eigenvalue weighted by atomic mass is 10.2. The van der Waals surface area contributed by atoms with Crippen LogP contribution in [0.5, 0.6) is 11.5 Å². The molecule has 1 aromatic carbocycles. The highest BCUT2D eigenvalue weighted by atomic mass is 79.9. The van der Waals surface area contributed by atoms with Gasteiger partial charge in [0, 0.05) is 19.3 Å². The second-order valence-electron chi connectivity index (χ2n) is 4.63. The van der Waals surface area contributed by atoms with Gasteiger partial charge in [-0.2, -0.15) is 0 Å². The predicted molar refractivity (Wildman–Crippen MR) is 91.2 cm³/mol. The molecule has 4 nitrogen and oxygen atoms in total. The lowest BCUT2D eigenvalue weighted by Crippen LogP contribution is -2.13. The van der Waals surface area contributed by atoms with Gasteiger partial charge in [0.05, 0.1) is 17.3 Å². The van der Waals surface area contributed by atoms with Crippen molar-refractivity contribution in [1.29, 1.82) is 0 Å². The van der Waals surface area contributed by atoms with Gasteiger partial charge < -0.3 is 14.8 Å². The lowest BCUT2D eigenvalue weighted by Gasteiger charge is -2.14. The van der Waals surface area contributed by atoms with E-state index in [1.807, 2.05) is 30.3 Å². The molecule has 0 saturated carbocycles. The summed E-state index contributed by atoms with van der Waals surface area (Å²) in [5.41, 5.74) is 2.12. The minimum absolute atomic E-state index is 0.437. The van der Waals surface area contributed by atoms with Gasteiger partial charge in [0.2, 0.25) is 0 Å². The molecule has 0 atom stereocenters. The van der Waals surface area contributed by atoms with Gasteiger partial charge in [-0.25, -0.2) is 0 Å². The normalized spacial score (nSPS) is 10.3. The fourth-order valence-corrected chi connectivity index (χ4v) is 2.60. The highest BCUT2D eigenvalue weighted by molar-refractivity contribution is 9.10. The van der Waals surface area contributed by atoms with Crippen molar-refractivity contribution >= 4 is 15.9 Å². The summed E-state index contributed by atoms with van der Waals surface area (Å²) in [5.74, 6) is 1.39. The summed E-state index contributed by atoms with van der Waals surface area (Å²) in [4.78, 5) is 4.28. The van der Waals surface area contributed by atoms with E-state index in [0.717, 1.165) is 22.3 Å². The zero-order valence-electron chi connectivity index (χ0n) is 12.5. The molecule has 0 fully saturated rings. The van der Waals surface area contributed by atoms with E-state index in [2.05, 4.69) is 32.8 Å². The van der Waals surface area contributed by atoms with Gasteiger partial charge in [-0.3, -0.25) is 4.98 Å². The summed E-state index contributed by atoms with van der Waals surface area (Å²) in [6.45, 7) is 5.52. The topological polar surface area (TPSA) is 43.4 Å². The summed E-state index contributed by atoms with van der Waals surface area (Å²) in [6.07, 6.45) is 3.50. The minimum atomic E-state index is 0.437. The third kappa shape index (κ3) is 4.58. The van der Waals surface area contributed by atoms with Crippen LogP contribution in [0.3, 0.4) is 0 Å². The second-order valence-corrected chi connectivity index (χ2v) is 5.49. The summed E-state index contributed by atoms with van der Waals surface area (Å²) >= 11 is 3.53. The molecular weight excluding hydrogens is 344 g/mol. The third-order valence-corrected chi connectivity index (χ3v) is 3.59. The van der Waals surface area contributed by atoms with Crippen LogP contribution in [-0.2, 0) is 13.1 Å². The Hall–Kier alpha value is -1.85. The molecule has 0 spiro atoms. The maximum atomic E-state index is 5.62. The van der Waals surface area contributed by atoms with E-state index in [1.54, 1.807) is 19.4 Å². The quantitative estimate of drug-likeness (QED) is 0.727. The smallest absolute Gasteiger partial charge is 0.175 e. The number of rotatable bonds is 8. The standard InChI is InChI=1S/C17H19BrN2O2/c1-3-8-22-17-15(18)9-13(10-16(17)21-2)11-19-12-14-6-4-5-7-20-14/h3-7,9-10,19H,1,8,11-12H2,2H3. The molecule has 1 aromatic heterocycles. The number of nitrogens with one attached hydrogen (secondary N) is 1. The van der Waals surface area contributed by atoms with Gasteiger partial charge in [-0.05, 0) is 45.8 Å². The number of benzene rings is 1. The molecule has 0 radical (unpaired) electrons. The van der Waals surface area contributed by atoms with Crippen molar-refractivity contribution in [2.45, 2.75) is 13.1 Å². The van der Waals surface area contributed by atoms with Gasteiger partial charge in [0.25, 0.3) is 0 Å². The van der Waals surface area contributed by atoms with E-state index >= 15 is 0 Å². The molecule has 0 aliphatic heterocycles. The van der Waals surface area contributed by atoms with Crippen LogP contribution in [-0.4, -0.2) is 18.7 Å².